The monoisotopic (exact) mass is 462 g/mol. The van der Waals surface area contributed by atoms with E-state index in [1.54, 1.807) is 25.1 Å². The molecule has 0 aliphatic heterocycles. The van der Waals surface area contributed by atoms with Crippen LogP contribution >= 0.6 is 23.2 Å². The van der Waals surface area contributed by atoms with E-state index in [1.165, 1.54) is 0 Å². The molecule has 1 amide bonds. The third-order valence-electron chi connectivity index (χ3n) is 4.58. The molecule has 164 valence electrons. The van der Waals surface area contributed by atoms with E-state index in [0.29, 0.717) is 65.6 Å². The van der Waals surface area contributed by atoms with Crippen molar-refractivity contribution in [1.82, 2.24) is 10.5 Å². The van der Waals surface area contributed by atoms with Gasteiger partial charge in [-0.1, -0.05) is 58.7 Å². The van der Waals surface area contributed by atoms with Gasteiger partial charge in [0, 0.05) is 18.7 Å². The Kier molecular flexibility index (Phi) is 8.49. The lowest BCUT2D eigenvalue weighted by molar-refractivity contribution is 0.0453. The predicted octanol–water partition coefficient (Wildman–Crippen LogP) is 5.44. The van der Waals surface area contributed by atoms with Gasteiger partial charge in [0.25, 0.3) is 5.91 Å². The van der Waals surface area contributed by atoms with E-state index in [0.717, 1.165) is 11.1 Å². The lowest BCUT2D eigenvalue weighted by Crippen LogP contribution is -2.23. The molecule has 0 unspecified atom stereocenters. The molecule has 0 saturated carbocycles. The highest BCUT2D eigenvalue weighted by Gasteiger charge is 2.24. The molecule has 6 nitrogen and oxygen atoms in total. The molecule has 8 heteroatoms. The number of rotatable bonds is 10. The quantitative estimate of drug-likeness (QED) is 0.406. The Labute approximate surface area is 191 Å². The Bertz CT molecular complexity index is 1020. The van der Waals surface area contributed by atoms with Gasteiger partial charge in [-0.05, 0) is 37.1 Å². The number of aromatic nitrogens is 1. The third kappa shape index (κ3) is 6.08. The van der Waals surface area contributed by atoms with Crippen molar-refractivity contribution in [3.8, 4) is 11.3 Å². The fraction of sp³-hybridized carbons (Fsp3) is 0.304. The number of carbonyl (C=O) groups is 1. The van der Waals surface area contributed by atoms with Gasteiger partial charge in [0.1, 0.15) is 17.0 Å². The normalized spacial score (nSPS) is 11.0. The summed E-state index contributed by atoms with van der Waals surface area (Å²) in [6.07, 6.45) is 0. The molecule has 0 saturated heterocycles. The van der Waals surface area contributed by atoms with Crippen molar-refractivity contribution in [2.45, 2.75) is 27.0 Å². The number of nitrogens with zero attached hydrogens (tertiary/aromatic N) is 1. The maximum Gasteiger partial charge on any atom is 0.257 e. The van der Waals surface area contributed by atoms with Crippen LogP contribution in [0.1, 0.15) is 34.2 Å². The molecule has 3 aromatic rings. The summed E-state index contributed by atoms with van der Waals surface area (Å²) in [7, 11) is 0. The highest BCUT2D eigenvalue weighted by atomic mass is 35.5. The molecule has 3 rings (SSSR count). The van der Waals surface area contributed by atoms with Crippen LogP contribution in [0.25, 0.3) is 11.3 Å². The summed E-state index contributed by atoms with van der Waals surface area (Å²) in [4.78, 5) is 12.9. The molecule has 1 N–H and O–H groups in total. The van der Waals surface area contributed by atoms with E-state index in [2.05, 4.69) is 10.5 Å². The largest absolute Gasteiger partial charge is 0.379 e. The number of hydrogen-bond acceptors (Lipinski definition) is 5. The molecule has 0 aliphatic carbocycles. The molecule has 0 atom stereocenters. The Morgan fingerprint density at radius 3 is 2.48 bits per heavy atom. The second-order valence-electron chi connectivity index (χ2n) is 6.81. The van der Waals surface area contributed by atoms with Crippen molar-refractivity contribution in [2.24, 2.45) is 0 Å². The van der Waals surface area contributed by atoms with Crippen LogP contribution in [0.5, 0.6) is 0 Å². The minimum atomic E-state index is -0.317. The van der Waals surface area contributed by atoms with Crippen molar-refractivity contribution in [3.05, 3.63) is 75.0 Å². The van der Waals surface area contributed by atoms with E-state index in [-0.39, 0.29) is 5.91 Å². The number of amides is 1. The summed E-state index contributed by atoms with van der Waals surface area (Å²) in [5.41, 5.74) is 3.07. The molecule has 1 aromatic heterocycles. The minimum Gasteiger partial charge on any atom is -0.379 e. The van der Waals surface area contributed by atoms with Crippen LogP contribution < -0.4 is 5.32 Å². The Balaban J connectivity index is 1.67. The lowest BCUT2D eigenvalue weighted by Gasteiger charge is -2.09. The fourth-order valence-electron chi connectivity index (χ4n) is 3.09. The summed E-state index contributed by atoms with van der Waals surface area (Å²) in [6.45, 7) is 6.23. The highest BCUT2D eigenvalue weighted by molar-refractivity contribution is 6.39. The van der Waals surface area contributed by atoms with E-state index >= 15 is 0 Å². The van der Waals surface area contributed by atoms with E-state index in [4.69, 9.17) is 37.2 Å². The van der Waals surface area contributed by atoms with Crippen LogP contribution in [0.2, 0.25) is 10.0 Å². The highest BCUT2D eigenvalue weighted by Crippen LogP contribution is 2.36. The van der Waals surface area contributed by atoms with Gasteiger partial charge in [0.2, 0.25) is 0 Å². The van der Waals surface area contributed by atoms with E-state index < -0.39 is 0 Å². The zero-order valence-corrected chi connectivity index (χ0v) is 18.9. The van der Waals surface area contributed by atoms with Crippen molar-refractivity contribution in [2.75, 3.05) is 19.8 Å². The SMILES string of the molecule is CCOCCOCc1cccc(CNC(=O)c2c(-c3c(Cl)cccc3Cl)noc2C)c1. The van der Waals surface area contributed by atoms with Crippen LogP contribution in [0, 0.1) is 6.92 Å². The maximum absolute atomic E-state index is 12.9. The first-order chi connectivity index (χ1) is 15.0. The average molecular weight is 463 g/mol. The molecule has 2 aromatic carbocycles. The molecule has 1 heterocycles. The maximum atomic E-state index is 12.9. The van der Waals surface area contributed by atoms with Crippen molar-refractivity contribution < 1.29 is 18.8 Å². The number of carbonyl (C=O) groups excluding carboxylic acids is 1. The smallest absolute Gasteiger partial charge is 0.257 e. The average Bonchev–Trinajstić information content (AvgIpc) is 3.13. The molecular formula is C23H24Cl2N2O4. The molecule has 0 fully saturated rings. The minimum absolute atomic E-state index is 0.311. The first-order valence-corrected chi connectivity index (χ1v) is 10.7. The van der Waals surface area contributed by atoms with Crippen LogP contribution in [-0.4, -0.2) is 30.9 Å². The zero-order chi connectivity index (χ0) is 22.2. The number of benzene rings is 2. The molecule has 0 radical (unpaired) electrons. The van der Waals surface area contributed by atoms with Crippen molar-refractivity contribution in [3.63, 3.8) is 0 Å². The number of nitrogens with one attached hydrogen (secondary N) is 1. The van der Waals surface area contributed by atoms with Crippen LogP contribution in [0.15, 0.2) is 47.0 Å². The first kappa shape index (κ1) is 23.3. The Morgan fingerprint density at radius 1 is 1.06 bits per heavy atom. The van der Waals surface area contributed by atoms with Crippen LogP contribution in [0.4, 0.5) is 0 Å². The summed E-state index contributed by atoms with van der Waals surface area (Å²) in [6, 6.07) is 13.0. The topological polar surface area (TPSA) is 73.6 Å². The summed E-state index contributed by atoms with van der Waals surface area (Å²) in [5, 5.41) is 7.73. The number of aryl methyl sites for hydroxylation is 1. The third-order valence-corrected chi connectivity index (χ3v) is 5.21. The molecule has 0 bridgehead atoms. The van der Waals surface area contributed by atoms with Gasteiger partial charge in [-0.2, -0.15) is 0 Å². The summed E-state index contributed by atoms with van der Waals surface area (Å²) in [5.74, 6) is 0.0723. The van der Waals surface area contributed by atoms with Crippen molar-refractivity contribution >= 4 is 29.1 Å². The van der Waals surface area contributed by atoms with Gasteiger partial charge in [-0.25, -0.2) is 0 Å². The van der Waals surface area contributed by atoms with Gasteiger partial charge in [0.15, 0.2) is 0 Å². The summed E-state index contributed by atoms with van der Waals surface area (Å²) >= 11 is 12.6. The number of ether oxygens (including phenoxy) is 2. The second-order valence-corrected chi connectivity index (χ2v) is 7.63. The number of hydrogen-bond donors (Lipinski definition) is 1. The van der Waals surface area contributed by atoms with E-state index in [1.807, 2.05) is 31.2 Å². The molecule has 31 heavy (non-hydrogen) atoms. The molecule has 0 aliphatic rings. The Hall–Kier alpha value is -2.38. The van der Waals surface area contributed by atoms with Crippen LogP contribution in [0.3, 0.4) is 0 Å². The molecule has 0 spiro atoms. The van der Waals surface area contributed by atoms with Gasteiger partial charge in [-0.3, -0.25) is 4.79 Å². The standard InChI is InChI=1S/C23H24Cl2N2O4/c1-3-29-10-11-30-14-17-7-4-6-16(12-17)13-26-23(28)20-15(2)31-27-22(20)21-18(24)8-5-9-19(21)25/h4-9,12H,3,10-11,13-14H2,1-2H3,(H,26,28). The van der Waals surface area contributed by atoms with Crippen LogP contribution in [-0.2, 0) is 22.6 Å². The summed E-state index contributed by atoms with van der Waals surface area (Å²) < 4.78 is 16.1. The predicted molar refractivity (Wildman–Crippen MR) is 120 cm³/mol. The zero-order valence-electron chi connectivity index (χ0n) is 17.4. The second kappa shape index (κ2) is 11.3. The fourth-order valence-corrected chi connectivity index (χ4v) is 3.66. The van der Waals surface area contributed by atoms with E-state index in [9.17, 15) is 4.79 Å². The van der Waals surface area contributed by atoms with Gasteiger partial charge in [0.05, 0.1) is 29.9 Å². The first-order valence-electron chi connectivity index (χ1n) is 9.93. The number of halogens is 2. The van der Waals surface area contributed by atoms with Gasteiger partial charge < -0.3 is 19.3 Å². The Morgan fingerprint density at radius 2 is 1.74 bits per heavy atom. The lowest BCUT2D eigenvalue weighted by atomic mass is 10.1. The van der Waals surface area contributed by atoms with Crippen molar-refractivity contribution in [1.29, 1.82) is 0 Å². The molecular weight excluding hydrogens is 439 g/mol. The van der Waals surface area contributed by atoms with Gasteiger partial charge in [-0.15, -0.1) is 0 Å². The van der Waals surface area contributed by atoms with Gasteiger partial charge >= 0.3 is 0 Å².